The fourth-order valence-electron chi connectivity index (χ4n) is 11.4. The van der Waals surface area contributed by atoms with Gasteiger partial charge in [0.05, 0.1) is 37.2 Å². The zero-order valence-corrected chi connectivity index (χ0v) is 63.4. The van der Waals surface area contributed by atoms with Crippen molar-refractivity contribution in [1.29, 1.82) is 0 Å². The maximum Gasteiger partial charge on any atom is 0.416 e. The molecule has 0 fully saturated rings. The van der Waals surface area contributed by atoms with Crippen LogP contribution in [0.15, 0.2) is 206 Å². The molecule has 0 aliphatic heterocycles. The second-order valence-electron chi connectivity index (χ2n) is 25.7. The number of sulfonamides is 3. The molecule has 14 rings (SSSR count). The summed E-state index contributed by atoms with van der Waals surface area (Å²) in [5.41, 5.74) is 5.88. The monoisotopic (exact) mass is 1660 g/mol. The summed E-state index contributed by atoms with van der Waals surface area (Å²) in [6.07, 6.45) is -8.82. The number of benzene rings is 8. The topological polar surface area (TPSA) is 328 Å². The minimum atomic E-state index is -4.41. The fourth-order valence-corrected chi connectivity index (χ4v) is 18.4. The second kappa shape index (κ2) is 30.4. The van der Waals surface area contributed by atoms with E-state index in [0.29, 0.717) is 76.8 Å². The van der Waals surface area contributed by atoms with Gasteiger partial charge in [-0.15, -0.1) is 34.0 Å². The Morgan fingerprint density at radius 1 is 0.380 bits per heavy atom. The van der Waals surface area contributed by atoms with Crippen LogP contribution in [0.4, 0.5) is 26.3 Å². The van der Waals surface area contributed by atoms with E-state index in [-0.39, 0.29) is 14.7 Å². The van der Waals surface area contributed by atoms with E-state index in [9.17, 15) is 81.3 Å². The van der Waals surface area contributed by atoms with Crippen molar-refractivity contribution < 1.29 is 94.6 Å². The van der Waals surface area contributed by atoms with Crippen LogP contribution < -0.4 is 14.2 Å². The second-order valence-corrected chi connectivity index (χ2v) is 34.2. The summed E-state index contributed by atoms with van der Waals surface area (Å²) < 4.78 is 179. The van der Waals surface area contributed by atoms with Gasteiger partial charge in [-0.1, -0.05) is 65.8 Å². The lowest BCUT2D eigenvalue weighted by Crippen LogP contribution is -2.44. The van der Waals surface area contributed by atoms with Crippen LogP contribution in [0, 0.1) is 17.8 Å². The summed E-state index contributed by atoms with van der Waals surface area (Å²) >= 11 is 7.55. The molecule has 8 aromatic carbocycles. The van der Waals surface area contributed by atoms with Gasteiger partial charge in [-0.2, -0.15) is 40.5 Å². The van der Waals surface area contributed by atoms with E-state index in [4.69, 9.17) is 13.3 Å². The van der Waals surface area contributed by atoms with Gasteiger partial charge in [0, 0.05) is 94.5 Å². The molecule has 0 aliphatic carbocycles. The predicted octanol–water partition coefficient (Wildman–Crippen LogP) is 18.4. The Kier molecular flexibility index (Phi) is 21.9. The molecule has 6 heterocycles. The maximum atomic E-state index is 12.9. The van der Waals surface area contributed by atoms with E-state index in [2.05, 4.69) is 45.0 Å². The van der Waals surface area contributed by atoms with Crippen molar-refractivity contribution in [2.24, 2.45) is 17.8 Å². The van der Waals surface area contributed by atoms with Gasteiger partial charge in [0.1, 0.15) is 71.2 Å². The zero-order chi connectivity index (χ0) is 77.9. The number of thiazole rings is 3. The lowest BCUT2D eigenvalue weighted by atomic mass is 10.1. The third-order valence-electron chi connectivity index (χ3n) is 17.1. The number of nitrogens with one attached hydrogen (secondary N) is 3. The number of alkyl halides is 6. The number of halogens is 7. The maximum absolute atomic E-state index is 12.9. The summed E-state index contributed by atoms with van der Waals surface area (Å²) in [6.45, 7) is 9.71. The Hall–Kier alpha value is -9.75. The fraction of sp³-hybridized carbons (Fsp3) is 0.189. The summed E-state index contributed by atoms with van der Waals surface area (Å²) in [6, 6.07) is 35.5. The molecule has 0 radical (unpaired) electrons. The summed E-state index contributed by atoms with van der Waals surface area (Å²) in [5.74, 6) is -5.09. The van der Waals surface area contributed by atoms with E-state index in [1.165, 1.54) is 94.7 Å². The van der Waals surface area contributed by atoms with Crippen LogP contribution in [-0.4, -0.2) is 91.6 Å². The first-order chi connectivity index (χ1) is 50.8. The van der Waals surface area contributed by atoms with Crippen LogP contribution in [0.1, 0.15) is 52.7 Å². The third-order valence-corrected chi connectivity index (χ3v) is 24.8. The van der Waals surface area contributed by atoms with Gasteiger partial charge >= 0.3 is 30.3 Å². The predicted molar refractivity (Wildman–Crippen MR) is 403 cm³/mol. The van der Waals surface area contributed by atoms with E-state index in [1.807, 2.05) is 35.7 Å². The first-order valence-corrected chi connectivity index (χ1v) is 40.2. The summed E-state index contributed by atoms with van der Waals surface area (Å²) in [5, 5.41) is 40.0. The molecule has 560 valence electrons. The molecule has 0 bridgehead atoms. The average Bonchev–Trinajstić information content (AvgIpc) is 1.62. The summed E-state index contributed by atoms with van der Waals surface area (Å²) in [7, 11) is -12.3. The molecule has 6 aromatic heterocycles. The molecule has 21 nitrogen and oxygen atoms in total. The van der Waals surface area contributed by atoms with E-state index < -0.39 is 107 Å². The molecule has 0 spiro atoms. The number of hydrogen-bond acceptors (Lipinski definition) is 18. The first kappa shape index (κ1) is 77.9. The highest BCUT2D eigenvalue weighted by molar-refractivity contribution is 9.10. The summed E-state index contributed by atoms with van der Waals surface area (Å²) in [4.78, 5) is 47.6. The lowest BCUT2D eigenvalue weighted by molar-refractivity contribution is -0.141. The van der Waals surface area contributed by atoms with Gasteiger partial charge in [-0.05, 0) is 149 Å². The van der Waals surface area contributed by atoms with E-state index in [1.54, 1.807) is 94.8 Å². The van der Waals surface area contributed by atoms with Crippen molar-refractivity contribution in [3.05, 3.63) is 190 Å². The molecule has 108 heavy (non-hydrogen) atoms. The average molecular weight is 1660 g/mol. The molecule has 0 amide bonds. The van der Waals surface area contributed by atoms with Crippen molar-refractivity contribution in [2.75, 3.05) is 0 Å². The molecule has 3 atom stereocenters. The molecular weight excluding hydrogens is 1600 g/mol. The molecule has 34 heteroatoms. The number of carboxylic acids is 3. The number of aromatic nitrogens is 3. The minimum absolute atomic E-state index is 0.0509. The molecule has 0 saturated heterocycles. The Balaban J connectivity index is 0.000000153. The SMILES string of the molecule is CC(C)[C@H](NS(=O)(=O)c1ccc2c(c1)oc1ccc(-c3nc(-c4ccc(C(F)(F)F)cc4)cs3)cc12)C(=O)O.CC(C)[C@H](NS(=O)(=O)c1ccc2c(c1)oc1ccc(-c3nc(-c4ccc(C(F)(F)F)cc4)cs3)cc12)C(=O)O.CC(C)[C@H](NS(=O)(=O)c1ccc2c(c1)oc1ccc(-c3nc(Br)cs3)cc12)C(=O)O. The van der Waals surface area contributed by atoms with E-state index >= 15 is 0 Å². The highest BCUT2D eigenvalue weighted by Crippen LogP contribution is 2.41. The number of aliphatic carboxylic acids is 3. The normalized spacial score (nSPS) is 13.4. The molecule has 0 aliphatic rings. The molecular formula is C74H59BrF6N6O15S6. The van der Waals surface area contributed by atoms with Crippen LogP contribution in [0.25, 0.3) is 120 Å². The quantitative estimate of drug-likeness (QED) is 0.0386. The van der Waals surface area contributed by atoms with Gasteiger partial charge in [-0.25, -0.2) is 40.2 Å². The standard InChI is InChI=1S/2C27H21F3N2O5S2.C20H17BrN2O5S2/c2*1-14(2)24(26(33)34)32-39(35,36)18-8-9-19-20-11-16(5-10-22(20)37-23(19)12-18)25-31-21(13-38-25)15-3-6-17(7-4-15)27(28,29)30;1-10(2)18(20(24)25)23-30(26,27)12-4-5-13-14-7-11(19-22-17(21)9-29-19)3-6-15(14)28-16(13)8-12/h2*3-14,24,32H,1-2H3,(H,33,34);3-10,18,23H,1-2H3,(H,24,25)/t2*24-;18-/m000/s1. The lowest BCUT2D eigenvalue weighted by Gasteiger charge is -2.17. The number of carbonyl (C=O) groups is 3. The highest BCUT2D eigenvalue weighted by atomic mass is 79.9. The van der Waals surface area contributed by atoms with Crippen LogP contribution >= 0.6 is 49.9 Å². The number of carboxylic acid groups (broad SMARTS) is 3. The van der Waals surface area contributed by atoms with E-state index in [0.717, 1.165) is 72.1 Å². The smallest absolute Gasteiger partial charge is 0.416 e. The zero-order valence-electron chi connectivity index (χ0n) is 56.9. The van der Waals surface area contributed by atoms with Crippen molar-refractivity contribution in [2.45, 2.75) is 86.7 Å². The Morgan fingerprint density at radius 3 is 0.917 bits per heavy atom. The molecule has 0 unspecified atom stereocenters. The van der Waals surface area contributed by atoms with Crippen molar-refractivity contribution in [3.8, 4) is 54.2 Å². The molecule has 14 aromatic rings. The van der Waals surface area contributed by atoms with Crippen LogP contribution in [-0.2, 0) is 56.8 Å². The number of hydrogen-bond donors (Lipinski definition) is 6. The number of rotatable bonds is 20. The van der Waals surface area contributed by atoms with Crippen molar-refractivity contribution in [1.82, 2.24) is 29.1 Å². The first-order valence-electron chi connectivity index (χ1n) is 32.3. The van der Waals surface area contributed by atoms with Crippen LogP contribution in [0.3, 0.4) is 0 Å². The van der Waals surface area contributed by atoms with Gasteiger partial charge in [-0.3, -0.25) is 14.4 Å². The van der Waals surface area contributed by atoms with Crippen molar-refractivity contribution in [3.63, 3.8) is 0 Å². The number of fused-ring (bicyclic) bond motifs is 9. The Bertz CT molecular complexity index is 5900. The highest BCUT2D eigenvalue weighted by Gasteiger charge is 2.34. The minimum Gasteiger partial charge on any atom is -0.480 e. The molecule has 6 N–H and O–H groups in total. The van der Waals surface area contributed by atoms with Gasteiger partial charge in [0.2, 0.25) is 30.1 Å². The van der Waals surface area contributed by atoms with Gasteiger partial charge in [0.25, 0.3) is 0 Å². The Labute approximate surface area is 631 Å². The Morgan fingerprint density at radius 2 is 0.657 bits per heavy atom. The van der Waals surface area contributed by atoms with Crippen molar-refractivity contribution >= 4 is 164 Å². The van der Waals surface area contributed by atoms with Crippen LogP contribution in [0.5, 0.6) is 0 Å². The van der Waals surface area contributed by atoms with Gasteiger partial charge < -0.3 is 28.6 Å². The van der Waals surface area contributed by atoms with Crippen LogP contribution in [0.2, 0.25) is 0 Å². The number of nitrogens with zero attached hydrogens (tertiary/aromatic N) is 3. The van der Waals surface area contributed by atoms with Gasteiger partial charge in [0.15, 0.2) is 0 Å². The number of furan rings is 3. The molecule has 0 saturated carbocycles. The largest absolute Gasteiger partial charge is 0.480 e. The third kappa shape index (κ3) is 16.8.